The van der Waals surface area contributed by atoms with Crippen molar-refractivity contribution in [2.75, 3.05) is 6.54 Å². The molecule has 3 N–H and O–H groups in total. The molecular weight excluding hydrogens is 474 g/mol. The molecule has 1 atom stereocenters. The highest BCUT2D eigenvalue weighted by Crippen LogP contribution is 2.35. The first kappa shape index (κ1) is 28.1. The normalized spacial score (nSPS) is 16.1. The monoisotopic (exact) mass is 514 g/mol. The number of nitrogens with one attached hydrogen (secondary N) is 1. The van der Waals surface area contributed by atoms with E-state index in [-0.39, 0.29) is 17.9 Å². The summed E-state index contributed by atoms with van der Waals surface area (Å²) in [5.74, 6) is -0.191. The maximum Gasteiger partial charge on any atom is 0.253 e. The maximum absolute atomic E-state index is 13.2. The van der Waals surface area contributed by atoms with Crippen molar-refractivity contribution in [3.8, 4) is 11.3 Å². The second-order valence-electron chi connectivity index (χ2n) is 11.8. The molecule has 1 fully saturated rings. The minimum absolute atomic E-state index is 0.141. The van der Waals surface area contributed by atoms with Crippen molar-refractivity contribution in [1.29, 1.82) is 0 Å². The lowest BCUT2D eigenvalue weighted by Gasteiger charge is -2.26. The number of aromatic nitrogens is 1. The number of nitrogens with two attached hydrogens (primary N) is 1. The van der Waals surface area contributed by atoms with Crippen LogP contribution in [0.2, 0.25) is 0 Å². The zero-order valence-corrected chi connectivity index (χ0v) is 23.2. The molecule has 0 aliphatic heterocycles. The predicted molar refractivity (Wildman–Crippen MR) is 142 cm³/mol. The standard InChI is InChI=1S/C28H41N3O4S/c1-18-21(25(32)30-17-28(5,6)26(29)33)15-23(31(18)16-19-10-8-7-9-11-19)20-12-13-24(36(34)35)22(14-20)27(2,3)4/h12-15,19H,7-11,16-17H2,1-6H3,(H2,29,33)(H,30,32)(H,34,35)/p-1. The van der Waals surface area contributed by atoms with Crippen LogP contribution in [0, 0.1) is 18.3 Å². The van der Waals surface area contributed by atoms with Crippen molar-refractivity contribution in [3.63, 3.8) is 0 Å². The van der Waals surface area contributed by atoms with Crippen molar-refractivity contribution in [1.82, 2.24) is 9.88 Å². The van der Waals surface area contributed by atoms with Gasteiger partial charge in [-0.05, 0) is 85.4 Å². The van der Waals surface area contributed by atoms with E-state index in [4.69, 9.17) is 5.73 Å². The quantitative estimate of drug-likeness (QED) is 0.491. The molecule has 36 heavy (non-hydrogen) atoms. The summed E-state index contributed by atoms with van der Waals surface area (Å²) >= 11 is -2.34. The van der Waals surface area contributed by atoms with E-state index in [9.17, 15) is 18.4 Å². The van der Waals surface area contributed by atoms with Crippen LogP contribution >= 0.6 is 0 Å². The van der Waals surface area contributed by atoms with E-state index in [1.165, 1.54) is 19.3 Å². The lowest BCUT2D eigenvalue weighted by Crippen LogP contribution is -2.42. The van der Waals surface area contributed by atoms with Crippen molar-refractivity contribution in [3.05, 3.63) is 41.1 Å². The van der Waals surface area contributed by atoms with Crippen LogP contribution < -0.4 is 11.1 Å². The molecule has 0 saturated heterocycles. The minimum Gasteiger partial charge on any atom is -0.768 e. The first-order valence-corrected chi connectivity index (χ1v) is 13.8. The number of hydrogen-bond donors (Lipinski definition) is 2. The first-order valence-electron chi connectivity index (χ1n) is 12.7. The number of primary amides is 1. The van der Waals surface area contributed by atoms with E-state index < -0.39 is 22.4 Å². The Kier molecular flexibility index (Phi) is 8.51. The van der Waals surface area contributed by atoms with E-state index in [0.717, 1.165) is 41.9 Å². The molecule has 1 unspecified atom stereocenters. The van der Waals surface area contributed by atoms with Gasteiger partial charge in [0.05, 0.1) is 11.0 Å². The third-order valence-electron chi connectivity index (χ3n) is 7.40. The molecular formula is C28H40N3O4S-. The summed E-state index contributed by atoms with van der Waals surface area (Å²) in [5, 5.41) is 2.88. The van der Waals surface area contributed by atoms with Gasteiger partial charge in [-0.15, -0.1) is 0 Å². The second-order valence-corrected chi connectivity index (χ2v) is 12.7. The van der Waals surface area contributed by atoms with Crippen molar-refractivity contribution >= 4 is 22.9 Å². The Morgan fingerprint density at radius 3 is 2.31 bits per heavy atom. The van der Waals surface area contributed by atoms with Gasteiger partial charge in [0.15, 0.2) is 0 Å². The van der Waals surface area contributed by atoms with Crippen LogP contribution in [0.4, 0.5) is 0 Å². The molecule has 1 aromatic carbocycles. The predicted octanol–water partition coefficient (Wildman–Crippen LogP) is 4.82. The van der Waals surface area contributed by atoms with Crippen LogP contribution in [0.1, 0.15) is 88.3 Å². The zero-order valence-electron chi connectivity index (χ0n) is 22.4. The number of rotatable bonds is 8. The Labute approximate surface area is 217 Å². The molecule has 7 nitrogen and oxygen atoms in total. The van der Waals surface area contributed by atoms with E-state index in [1.54, 1.807) is 19.9 Å². The number of amides is 2. The van der Waals surface area contributed by atoms with Gasteiger partial charge in [0, 0.05) is 29.4 Å². The summed E-state index contributed by atoms with van der Waals surface area (Å²) in [6.07, 6.45) is 6.02. The average molecular weight is 515 g/mol. The SMILES string of the molecule is Cc1c(C(=O)NCC(C)(C)C(N)=O)cc(-c2ccc(S(=O)[O-])c(C(C)(C)C)c2)n1CC1CCCCC1. The highest BCUT2D eigenvalue weighted by atomic mass is 32.2. The van der Waals surface area contributed by atoms with E-state index in [2.05, 4.69) is 9.88 Å². The smallest absolute Gasteiger partial charge is 0.253 e. The molecule has 8 heteroatoms. The third-order valence-corrected chi connectivity index (χ3v) is 8.11. The second kappa shape index (κ2) is 10.9. The fourth-order valence-electron chi connectivity index (χ4n) is 4.88. The van der Waals surface area contributed by atoms with Gasteiger partial charge < -0.3 is 20.2 Å². The van der Waals surface area contributed by atoms with Gasteiger partial charge in [0.2, 0.25) is 5.91 Å². The fourth-order valence-corrected chi connectivity index (χ4v) is 5.61. The number of carbonyl (C=O) groups excluding carboxylic acids is 2. The summed E-state index contributed by atoms with van der Waals surface area (Å²) < 4.78 is 26.0. The molecule has 0 radical (unpaired) electrons. The molecule has 0 spiro atoms. The van der Waals surface area contributed by atoms with E-state index in [1.807, 2.05) is 45.9 Å². The van der Waals surface area contributed by atoms with Gasteiger partial charge in [0.1, 0.15) is 0 Å². The molecule has 0 bridgehead atoms. The van der Waals surface area contributed by atoms with Crippen LogP contribution in [-0.4, -0.2) is 31.7 Å². The summed E-state index contributed by atoms with van der Waals surface area (Å²) in [6.45, 7) is 12.3. The summed E-state index contributed by atoms with van der Waals surface area (Å²) in [4.78, 5) is 25.2. The van der Waals surface area contributed by atoms with E-state index in [0.29, 0.717) is 16.4 Å². The summed E-state index contributed by atoms with van der Waals surface area (Å²) in [6, 6.07) is 7.31. The Bertz CT molecular complexity index is 1150. The molecule has 2 amide bonds. The van der Waals surface area contributed by atoms with Gasteiger partial charge >= 0.3 is 0 Å². The topological polar surface area (TPSA) is 117 Å². The Balaban J connectivity index is 2.07. The lowest BCUT2D eigenvalue weighted by atomic mass is 9.85. The van der Waals surface area contributed by atoms with Crippen LogP contribution in [0.15, 0.2) is 29.2 Å². The molecule has 1 aliphatic rings. The van der Waals surface area contributed by atoms with Crippen LogP contribution in [0.25, 0.3) is 11.3 Å². The number of benzene rings is 1. The Morgan fingerprint density at radius 2 is 1.75 bits per heavy atom. The molecule has 2 aromatic rings. The van der Waals surface area contributed by atoms with Gasteiger partial charge in [-0.25, -0.2) is 0 Å². The van der Waals surface area contributed by atoms with Crippen LogP contribution in [-0.2, 0) is 27.8 Å². The van der Waals surface area contributed by atoms with Crippen molar-refractivity contribution < 1.29 is 18.4 Å². The number of carbonyl (C=O) groups is 2. The Morgan fingerprint density at radius 1 is 1.11 bits per heavy atom. The van der Waals surface area contributed by atoms with Gasteiger partial charge in [-0.2, -0.15) is 0 Å². The zero-order chi connectivity index (χ0) is 26.8. The molecule has 1 aromatic heterocycles. The molecule has 1 saturated carbocycles. The first-order chi connectivity index (χ1) is 16.7. The van der Waals surface area contributed by atoms with Gasteiger partial charge in [0.25, 0.3) is 5.91 Å². The van der Waals surface area contributed by atoms with Gasteiger partial charge in [-0.3, -0.25) is 13.8 Å². The van der Waals surface area contributed by atoms with Gasteiger partial charge in [-0.1, -0.05) is 46.1 Å². The highest BCUT2D eigenvalue weighted by Gasteiger charge is 2.28. The minimum atomic E-state index is -2.34. The van der Waals surface area contributed by atoms with Crippen molar-refractivity contribution in [2.24, 2.45) is 17.1 Å². The summed E-state index contributed by atoms with van der Waals surface area (Å²) in [7, 11) is 0. The number of nitrogens with zero attached hydrogens (tertiary/aromatic N) is 1. The lowest BCUT2D eigenvalue weighted by molar-refractivity contribution is -0.125. The van der Waals surface area contributed by atoms with Crippen molar-refractivity contribution in [2.45, 2.75) is 90.5 Å². The molecule has 3 rings (SSSR count). The molecule has 1 heterocycles. The van der Waals surface area contributed by atoms with Crippen LogP contribution in [0.3, 0.4) is 0 Å². The third kappa shape index (κ3) is 6.27. The van der Waals surface area contributed by atoms with E-state index >= 15 is 0 Å². The largest absolute Gasteiger partial charge is 0.768 e. The maximum atomic E-state index is 13.2. The average Bonchev–Trinajstić information content (AvgIpc) is 3.13. The molecule has 198 valence electrons. The highest BCUT2D eigenvalue weighted by molar-refractivity contribution is 7.79. The summed E-state index contributed by atoms with van der Waals surface area (Å²) in [5.41, 5.74) is 8.17. The molecule has 1 aliphatic carbocycles. The fraction of sp³-hybridized carbons (Fsp3) is 0.571. The van der Waals surface area contributed by atoms with Crippen LogP contribution in [0.5, 0.6) is 0 Å². The Hall–Kier alpha value is -2.45. The number of hydrogen-bond acceptors (Lipinski definition) is 4.